The van der Waals surface area contributed by atoms with Gasteiger partial charge in [-0.05, 0) is 99.3 Å². The van der Waals surface area contributed by atoms with E-state index >= 15 is 0 Å². The minimum atomic E-state index is -3.12. The number of ether oxygens (including phenoxy) is 5. The first-order valence-electron chi connectivity index (χ1n) is 19.1. The lowest BCUT2D eigenvalue weighted by molar-refractivity contribution is -0.167. The second-order valence-corrected chi connectivity index (χ2v) is 23.2. The van der Waals surface area contributed by atoms with Crippen molar-refractivity contribution in [3.8, 4) is 0 Å². The Kier molecular flexibility index (Phi) is 20.0. The second kappa shape index (κ2) is 21.8. The molecule has 56 heavy (non-hydrogen) atoms. The molecule has 0 N–H and O–H groups in total. The summed E-state index contributed by atoms with van der Waals surface area (Å²) in [6.45, 7) is 15.4. The van der Waals surface area contributed by atoms with Crippen molar-refractivity contribution in [3.05, 3.63) is 0 Å². The molecule has 0 aromatic heterocycles. The highest BCUT2D eigenvalue weighted by atomic mass is 32.2. The van der Waals surface area contributed by atoms with Gasteiger partial charge < -0.3 is 23.7 Å². The lowest BCUT2D eigenvalue weighted by Gasteiger charge is -2.27. The summed E-state index contributed by atoms with van der Waals surface area (Å²) >= 11 is 0. The summed E-state index contributed by atoms with van der Waals surface area (Å²) in [5.74, 6) is -2.12. The van der Waals surface area contributed by atoms with E-state index < -0.39 is 95.1 Å². The first kappa shape index (κ1) is 51.2. The Morgan fingerprint density at radius 2 is 0.804 bits per heavy atom. The zero-order chi connectivity index (χ0) is 43.2. The first-order chi connectivity index (χ1) is 25.6. The maximum atomic E-state index is 11.8. The molecule has 0 aliphatic carbocycles. The lowest BCUT2D eigenvalue weighted by atomic mass is 9.90. The lowest BCUT2D eigenvalue weighted by Crippen LogP contribution is -2.35. The van der Waals surface area contributed by atoms with E-state index in [0.717, 1.165) is 6.42 Å². The fourth-order valence-corrected chi connectivity index (χ4v) is 9.34. The Morgan fingerprint density at radius 1 is 0.464 bits per heavy atom. The van der Waals surface area contributed by atoms with Crippen molar-refractivity contribution in [1.29, 1.82) is 0 Å². The van der Waals surface area contributed by atoms with Crippen LogP contribution in [0.25, 0.3) is 0 Å². The monoisotopic (exact) mass is 860 g/mol. The average Bonchev–Trinajstić information content (AvgIpc) is 3.11. The molecule has 0 radical (unpaired) electrons. The van der Waals surface area contributed by atoms with Crippen molar-refractivity contribution in [3.63, 3.8) is 0 Å². The molecule has 0 saturated carbocycles. The smallest absolute Gasteiger partial charge is 0.344 e. The second-order valence-electron chi connectivity index (χ2n) is 16.3. The molecule has 3 saturated heterocycles. The van der Waals surface area contributed by atoms with Gasteiger partial charge in [0.15, 0.2) is 42.7 Å². The largest absolute Gasteiger partial charge is 0.462 e. The zero-order valence-electron chi connectivity index (χ0n) is 34.5. The zero-order valence-corrected chi connectivity index (χ0v) is 37.0. The van der Waals surface area contributed by atoms with Crippen LogP contribution in [0.3, 0.4) is 0 Å². The third-order valence-corrected chi connectivity index (χ3v) is 15.5. The van der Waals surface area contributed by atoms with Crippen molar-refractivity contribution in [2.24, 2.45) is 16.2 Å². The Hall–Kier alpha value is -2.80. The Labute approximate surface area is 333 Å². The number of esters is 5. The Bertz CT molecular complexity index is 1650. The normalized spacial score (nSPS) is 21.0. The third-order valence-electron chi connectivity index (χ3n) is 10.2. The van der Waals surface area contributed by atoms with Crippen LogP contribution in [0.1, 0.15) is 120 Å². The summed E-state index contributed by atoms with van der Waals surface area (Å²) in [5.41, 5.74) is -1.75. The van der Waals surface area contributed by atoms with Gasteiger partial charge >= 0.3 is 29.8 Å². The summed E-state index contributed by atoms with van der Waals surface area (Å²) in [5, 5.41) is 0. The van der Waals surface area contributed by atoms with E-state index in [-0.39, 0.29) is 46.6 Å². The van der Waals surface area contributed by atoms with Gasteiger partial charge in [0.05, 0.1) is 50.8 Å². The maximum Gasteiger partial charge on any atom is 0.344 e. The number of carbonyl (C=O) groups excluding carboxylic acids is 5. The van der Waals surface area contributed by atoms with Gasteiger partial charge in [-0.2, -0.15) is 0 Å². The highest BCUT2D eigenvalue weighted by Gasteiger charge is 2.34. The number of carbonyl (C=O) groups is 5. The van der Waals surface area contributed by atoms with Gasteiger partial charge in [0.1, 0.15) is 18.3 Å². The molecule has 0 bridgehead atoms. The summed E-state index contributed by atoms with van der Waals surface area (Å²) < 4.78 is 92.9. The van der Waals surface area contributed by atoms with E-state index in [1.165, 1.54) is 0 Å². The average molecular weight is 861 g/mol. The first-order valence-corrected chi connectivity index (χ1v) is 24.6. The molecule has 3 heterocycles. The molecular formula is C37H64O16S3. The van der Waals surface area contributed by atoms with Crippen LogP contribution in [0.15, 0.2) is 0 Å². The fourth-order valence-electron chi connectivity index (χ4n) is 4.87. The van der Waals surface area contributed by atoms with Crippen LogP contribution in [0, 0.1) is 16.2 Å². The summed E-state index contributed by atoms with van der Waals surface area (Å²) in [6, 6.07) is 0. The predicted octanol–water partition coefficient (Wildman–Crippen LogP) is 3.72. The SMILES string of the molecule is CCC(C)(C)C(=O)OC1CCS(=O)(=O)CC1.CCC(C)(C)C(=O)OCC(=O)OC1CCCS(=O)(=O)C1.CCC(C)(C)C(=O)OCC(=O)OC1CCS(=O)(=O)CC1. The van der Waals surface area contributed by atoms with Crippen LogP contribution in [0.2, 0.25) is 0 Å². The van der Waals surface area contributed by atoms with Gasteiger partial charge in [-0.15, -0.1) is 0 Å². The van der Waals surface area contributed by atoms with Crippen molar-refractivity contribution in [2.45, 2.75) is 138 Å². The van der Waals surface area contributed by atoms with Gasteiger partial charge in [-0.25, -0.2) is 34.8 Å². The molecule has 3 aliphatic rings. The standard InChI is InChI=1S/2C13H22O6S.C11H20O4S/c1-4-13(2,3)12(15)18-9-11(14)19-10-5-7-20(16,17)8-6-10;1-4-13(2,3)12(15)18-8-11(14)19-10-6-5-7-20(16,17)9-10;1-4-11(2,3)10(12)15-9-5-7-16(13,14)8-6-9/h2*10H,4-9H2,1-3H3;9H,4-8H2,1-3H3. The van der Waals surface area contributed by atoms with Gasteiger partial charge in [0, 0.05) is 0 Å². The number of rotatable bonds is 13. The molecule has 326 valence electrons. The van der Waals surface area contributed by atoms with Crippen molar-refractivity contribution >= 4 is 59.4 Å². The van der Waals surface area contributed by atoms with Crippen molar-refractivity contribution in [1.82, 2.24) is 0 Å². The van der Waals surface area contributed by atoms with E-state index in [2.05, 4.69) is 0 Å². The molecular weight excluding hydrogens is 797 g/mol. The highest BCUT2D eigenvalue weighted by Crippen LogP contribution is 2.26. The minimum Gasteiger partial charge on any atom is -0.462 e. The molecule has 16 nitrogen and oxygen atoms in total. The molecule has 1 unspecified atom stereocenters. The number of hydrogen-bond donors (Lipinski definition) is 0. The van der Waals surface area contributed by atoms with Gasteiger partial charge in [-0.1, -0.05) is 20.8 Å². The van der Waals surface area contributed by atoms with E-state index in [4.69, 9.17) is 23.7 Å². The van der Waals surface area contributed by atoms with Gasteiger partial charge in [-0.3, -0.25) is 14.4 Å². The van der Waals surface area contributed by atoms with E-state index in [1.807, 2.05) is 34.6 Å². The third kappa shape index (κ3) is 19.1. The van der Waals surface area contributed by atoms with E-state index in [9.17, 15) is 49.2 Å². The topological polar surface area (TPSA) is 234 Å². The molecule has 3 fully saturated rings. The summed E-state index contributed by atoms with van der Waals surface area (Å²) in [6.07, 6.45) is 3.19. The molecule has 0 spiro atoms. The molecule has 3 aliphatic heterocycles. The molecule has 1 atom stereocenters. The Balaban J connectivity index is 0.000000423. The van der Waals surface area contributed by atoms with Crippen LogP contribution in [-0.2, 0) is 77.2 Å². The quantitative estimate of drug-likeness (QED) is 0.190. The van der Waals surface area contributed by atoms with Crippen LogP contribution in [-0.4, -0.2) is 121 Å². The Morgan fingerprint density at radius 3 is 1.16 bits per heavy atom. The highest BCUT2D eigenvalue weighted by molar-refractivity contribution is 7.91. The summed E-state index contributed by atoms with van der Waals surface area (Å²) in [7, 11) is -8.98. The molecule has 19 heteroatoms. The number of sulfone groups is 3. The minimum absolute atomic E-state index is 0.0353. The van der Waals surface area contributed by atoms with Crippen LogP contribution in [0.5, 0.6) is 0 Å². The molecule has 0 amide bonds. The maximum absolute atomic E-state index is 11.8. The molecule has 0 aromatic carbocycles. The summed E-state index contributed by atoms with van der Waals surface area (Å²) in [4.78, 5) is 58.2. The van der Waals surface area contributed by atoms with Crippen molar-refractivity contribution < 1.29 is 72.9 Å². The van der Waals surface area contributed by atoms with Crippen LogP contribution >= 0.6 is 0 Å². The van der Waals surface area contributed by atoms with Crippen LogP contribution < -0.4 is 0 Å². The molecule has 0 aromatic rings. The van der Waals surface area contributed by atoms with Gasteiger partial charge in [0.2, 0.25) is 0 Å². The van der Waals surface area contributed by atoms with Crippen molar-refractivity contribution in [2.75, 3.05) is 47.7 Å². The predicted molar refractivity (Wildman–Crippen MR) is 207 cm³/mol. The van der Waals surface area contributed by atoms with E-state index in [0.29, 0.717) is 51.4 Å². The fraction of sp³-hybridized carbons (Fsp3) is 0.865. The van der Waals surface area contributed by atoms with Crippen LogP contribution in [0.4, 0.5) is 0 Å². The van der Waals surface area contributed by atoms with Gasteiger partial charge in [0.25, 0.3) is 0 Å². The molecule has 3 rings (SSSR count). The van der Waals surface area contributed by atoms with E-state index in [1.54, 1.807) is 27.7 Å². The number of hydrogen-bond acceptors (Lipinski definition) is 16.